The number of rotatable bonds is 4. The number of nitriles is 1. The van der Waals surface area contributed by atoms with Gasteiger partial charge in [0.05, 0.1) is 17.8 Å². The second-order valence-corrected chi connectivity index (χ2v) is 3.85. The summed E-state index contributed by atoms with van der Waals surface area (Å²) in [6.07, 6.45) is 3.49. The normalized spacial score (nSPS) is 12.6. The molecule has 3 nitrogen and oxygen atoms in total. The van der Waals surface area contributed by atoms with Gasteiger partial charge in [0.25, 0.3) is 0 Å². The largest absolute Gasteiger partial charge is 0.411 e. The SMILES string of the molecule is CCCC(C)c1cccc(C#N)c1/C=N/O. The van der Waals surface area contributed by atoms with E-state index in [1.807, 2.05) is 12.1 Å². The highest BCUT2D eigenvalue weighted by atomic mass is 16.4. The first kappa shape index (κ1) is 12.3. The van der Waals surface area contributed by atoms with Crippen molar-refractivity contribution in [2.75, 3.05) is 0 Å². The summed E-state index contributed by atoms with van der Waals surface area (Å²) in [7, 11) is 0. The zero-order chi connectivity index (χ0) is 12.0. The van der Waals surface area contributed by atoms with Crippen molar-refractivity contribution in [3.8, 4) is 6.07 Å². The molecule has 1 unspecified atom stereocenters. The van der Waals surface area contributed by atoms with Crippen LogP contribution in [0.1, 0.15) is 49.3 Å². The summed E-state index contributed by atoms with van der Waals surface area (Å²) in [4.78, 5) is 0. The third-order valence-electron chi connectivity index (χ3n) is 2.70. The van der Waals surface area contributed by atoms with Crippen molar-refractivity contribution in [1.29, 1.82) is 5.26 Å². The Hall–Kier alpha value is -1.82. The van der Waals surface area contributed by atoms with Crippen LogP contribution in [0.25, 0.3) is 0 Å². The van der Waals surface area contributed by atoms with Gasteiger partial charge in [0.1, 0.15) is 0 Å². The van der Waals surface area contributed by atoms with Gasteiger partial charge in [-0.2, -0.15) is 5.26 Å². The topological polar surface area (TPSA) is 56.4 Å². The van der Waals surface area contributed by atoms with E-state index in [-0.39, 0.29) is 0 Å². The average Bonchev–Trinajstić information content (AvgIpc) is 2.30. The minimum Gasteiger partial charge on any atom is -0.411 e. The number of benzene rings is 1. The number of nitrogens with zero attached hydrogens (tertiary/aromatic N) is 2. The van der Waals surface area contributed by atoms with E-state index in [0.717, 1.165) is 24.0 Å². The molecule has 0 fully saturated rings. The molecule has 1 N–H and O–H groups in total. The molecule has 0 amide bonds. The van der Waals surface area contributed by atoms with E-state index in [1.165, 1.54) is 6.21 Å². The smallest absolute Gasteiger partial charge is 0.0998 e. The van der Waals surface area contributed by atoms with Gasteiger partial charge < -0.3 is 5.21 Å². The Morgan fingerprint density at radius 1 is 1.56 bits per heavy atom. The maximum atomic E-state index is 8.99. The van der Waals surface area contributed by atoms with Gasteiger partial charge in [-0.15, -0.1) is 0 Å². The zero-order valence-corrected chi connectivity index (χ0v) is 9.64. The standard InChI is InChI=1S/C13H16N2O/c1-3-5-10(2)12-7-4-6-11(8-14)13(12)9-15-16/h4,6-7,9-10,16H,3,5H2,1-2H3/b15-9+. The van der Waals surface area contributed by atoms with Crippen molar-refractivity contribution < 1.29 is 5.21 Å². The van der Waals surface area contributed by atoms with Crippen LogP contribution in [0.4, 0.5) is 0 Å². The van der Waals surface area contributed by atoms with E-state index in [4.69, 9.17) is 10.5 Å². The van der Waals surface area contributed by atoms with Crippen molar-refractivity contribution in [1.82, 2.24) is 0 Å². The monoisotopic (exact) mass is 216 g/mol. The van der Waals surface area contributed by atoms with Crippen molar-refractivity contribution in [2.24, 2.45) is 5.16 Å². The molecule has 1 aromatic carbocycles. The van der Waals surface area contributed by atoms with Gasteiger partial charge in [0.2, 0.25) is 0 Å². The first-order valence-electron chi connectivity index (χ1n) is 5.45. The summed E-state index contributed by atoms with van der Waals surface area (Å²) in [6.45, 7) is 4.25. The molecule has 0 spiro atoms. The Kier molecular flexibility index (Phi) is 4.53. The van der Waals surface area contributed by atoms with E-state index in [9.17, 15) is 0 Å². The molecule has 16 heavy (non-hydrogen) atoms. The molecule has 0 saturated heterocycles. The lowest BCUT2D eigenvalue weighted by molar-refractivity contribution is 0.322. The van der Waals surface area contributed by atoms with Gasteiger partial charge >= 0.3 is 0 Å². The molecule has 0 aliphatic heterocycles. The van der Waals surface area contributed by atoms with Crippen LogP contribution in [-0.4, -0.2) is 11.4 Å². The fraction of sp³-hybridized carbons (Fsp3) is 0.385. The molecule has 1 atom stereocenters. The van der Waals surface area contributed by atoms with E-state index in [0.29, 0.717) is 11.5 Å². The van der Waals surface area contributed by atoms with Crippen molar-refractivity contribution in [3.63, 3.8) is 0 Å². The molecule has 0 bridgehead atoms. The third kappa shape index (κ3) is 2.60. The van der Waals surface area contributed by atoms with Crippen LogP contribution < -0.4 is 0 Å². The molecule has 1 rings (SSSR count). The molecule has 0 aliphatic carbocycles. The quantitative estimate of drug-likeness (QED) is 0.477. The van der Waals surface area contributed by atoms with Crippen LogP contribution >= 0.6 is 0 Å². The molecular formula is C13H16N2O. The molecule has 0 aromatic heterocycles. The van der Waals surface area contributed by atoms with Gasteiger partial charge in [-0.3, -0.25) is 0 Å². The lowest BCUT2D eigenvalue weighted by Gasteiger charge is -2.14. The highest BCUT2D eigenvalue weighted by molar-refractivity contribution is 5.85. The number of hydrogen-bond acceptors (Lipinski definition) is 3. The molecule has 0 aliphatic rings. The molecule has 3 heteroatoms. The van der Waals surface area contributed by atoms with Crippen molar-refractivity contribution in [2.45, 2.75) is 32.6 Å². The van der Waals surface area contributed by atoms with E-state index >= 15 is 0 Å². The molecule has 1 aromatic rings. The lowest BCUT2D eigenvalue weighted by atomic mass is 9.90. The summed E-state index contributed by atoms with van der Waals surface area (Å²) in [6, 6.07) is 7.70. The average molecular weight is 216 g/mol. The highest BCUT2D eigenvalue weighted by Gasteiger charge is 2.12. The summed E-state index contributed by atoms with van der Waals surface area (Å²) in [5.41, 5.74) is 2.35. The molecular weight excluding hydrogens is 200 g/mol. The minimum absolute atomic E-state index is 0.367. The molecule has 0 radical (unpaired) electrons. The fourth-order valence-corrected chi connectivity index (χ4v) is 1.90. The fourth-order valence-electron chi connectivity index (χ4n) is 1.90. The Labute approximate surface area is 96.0 Å². The Bertz CT molecular complexity index is 418. The second-order valence-electron chi connectivity index (χ2n) is 3.85. The Balaban J connectivity index is 3.22. The zero-order valence-electron chi connectivity index (χ0n) is 9.64. The van der Waals surface area contributed by atoms with E-state index < -0.39 is 0 Å². The maximum absolute atomic E-state index is 8.99. The lowest BCUT2D eigenvalue weighted by Crippen LogP contribution is -2.01. The highest BCUT2D eigenvalue weighted by Crippen LogP contribution is 2.25. The Morgan fingerprint density at radius 3 is 2.88 bits per heavy atom. The molecule has 84 valence electrons. The van der Waals surface area contributed by atoms with Crippen LogP contribution in [0.5, 0.6) is 0 Å². The van der Waals surface area contributed by atoms with Gasteiger partial charge in [-0.05, 0) is 24.0 Å². The maximum Gasteiger partial charge on any atom is 0.0998 e. The van der Waals surface area contributed by atoms with Gasteiger partial charge in [-0.25, -0.2) is 0 Å². The summed E-state index contributed by atoms with van der Waals surface area (Å²) in [5.74, 6) is 0.367. The van der Waals surface area contributed by atoms with Crippen LogP contribution in [0.15, 0.2) is 23.4 Å². The van der Waals surface area contributed by atoms with E-state index in [1.54, 1.807) is 6.07 Å². The van der Waals surface area contributed by atoms with Crippen LogP contribution in [-0.2, 0) is 0 Å². The van der Waals surface area contributed by atoms with Crippen molar-refractivity contribution >= 4 is 6.21 Å². The number of oxime groups is 1. The summed E-state index contributed by atoms with van der Waals surface area (Å²) >= 11 is 0. The van der Waals surface area contributed by atoms with Gasteiger partial charge in [0.15, 0.2) is 0 Å². The van der Waals surface area contributed by atoms with Crippen molar-refractivity contribution in [3.05, 3.63) is 34.9 Å². The van der Waals surface area contributed by atoms with Gasteiger partial charge in [-0.1, -0.05) is 37.6 Å². The van der Waals surface area contributed by atoms with E-state index in [2.05, 4.69) is 25.1 Å². The van der Waals surface area contributed by atoms with Crippen LogP contribution in [0.3, 0.4) is 0 Å². The second kappa shape index (κ2) is 5.92. The molecule has 0 saturated carbocycles. The first-order valence-corrected chi connectivity index (χ1v) is 5.45. The predicted octanol–water partition coefficient (Wildman–Crippen LogP) is 3.27. The number of hydrogen-bond donors (Lipinski definition) is 1. The van der Waals surface area contributed by atoms with Gasteiger partial charge in [0, 0.05) is 5.56 Å². The summed E-state index contributed by atoms with van der Waals surface area (Å²) < 4.78 is 0. The van der Waals surface area contributed by atoms with Crippen LogP contribution in [0, 0.1) is 11.3 Å². The molecule has 0 heterocycles. The predicted molar refractivity (Wildman–Crippen MR) is 63.9 cm³/mol. The Morgan fingerprint density at radius 2 is 2.31 bits per heavy atom. The first-order chi connectivity index (χ1) is 7.74. The summed E-state index contributed by atoms with van der Waals surface area (Å²) in [5, 5.41) is 20.7. The van der Waals surface area contributed by atoms with Crippen LogP contribution in [0.2, 0.25) is 0 Å². The minimum atomic E-state index is 0.367. The third-order valence-corrected chi connectivity index (χ3v) is 2.70.